The second-order valence-electron chi connectivity index (χ2n) is 1.02. The van der Waals surface area contributed by atoms with E-state index < -0.39 is 0 Å². The fourth-order valence-corrected chi connectivity index (χ4v) is 0. The molecule has 0 fully saturated rings. The molecule has 0 aromatic rings. The number of hydrogen-bond acceptors (Lipinski definition) is 10. The maximum atomic E-state index is 8.81. The Kier molecular flexibility index (Phi) is 6720. The van der Waals surface area contributed by atoms with Gasteiger partial charge in [0.25, 0.3) is 0 Å². The number of carbonyl (C=O) groups is 3. The Morgan fingerprint density at radius 2 is 0.481 bits per heavy atom. The molecule has 0 aromatic carbocycles. The summed E-state index contributed by atoms with van der Waals surface area (Å²) in [4.78, 5) is 26.4. The molecule has 0 saturated carbocycles. The Labute approximate surface area is 169 Å². The van der Waals surface area contributed by atoms with Gasteiger partial charge in [-0.25, -0.2) is 0 Å². The second-order valence-corrected chi connectivity index (χ2v) is 1.02. The molecule has 0 aliphatic carbocycles. The van der Waals surface area contributed by atoms with E-state index in [2.05, 4.69) is 0 Å². The number of aliphatic hydroxyl groups excluding tert-OH is 7. The lowest BCUT2D eigenvalue weighted by molar-refractivity contribution is -0.106. The molecule has 7 N–H and O–H groups in total. The van der Waals surface area contributed by atoms with Crippen LogP contribution in [-0.2, 0) is 14.4 Å². The van der Waals surface area contributed by atoms with E-state index in [1.165, 1.54) is 20.8 Å². The number of rotatable bonds is 0. The number of aliphatic hydroxyl groups is 7. The molecule has 182 valence electrons. The quantitative estimate of drug-likeness (QED) is 0.267. The van der Waals surface area contributed by atoms with Gasteiger partial charge in [0.05, 0.1) is 0 Å². The summed E-state index contributed by atoms with van der Waals surface area (Å²) in [6.07, 6.45) is 2.25. The molecule has 0 unspecified atom stereocenters. The molecule has 0 amide bonds. The van der Waals surface area contributed by atoms with Crippen LogP contribution < -0.4 is 0 Å². The van der Waals surface area contributed by atoms with Crippen molar-refractivity contribution in [2.75, 3.05) is 49.3 Å². The van der Waals surface area contributed by atoms with E-state index >= 15 is 0 Å². The van der Waals surface area contributed by atoms with E-state index in [0.717, 1.165) is 61.5 Å². The average Bonchev–Trinajstić information content (AvgIpc) is 2.67. The fourth-order valence-electron chi connectivity index (χ4n) is 0. The standard InChI is InChI=1S/C2H6O.3C2H4O.6CH4O.3CH4/c4*1-2-3;6*1-2;;;/h3H,2H2,1H3;3*2H,1H3;6*2H,1H3;3*1H4. The van der Waals surface area contributed by atoms with Crippen LogP contribution in [0.1, 0.15) is 50.0 Å². The van der Waals surface area contributed by atoms with Crippen molar-refractivity contribution in [3.05, 3.63) is 0 Å². The van der Waals surface area contributed by atoms with Gasteiger partial charge < -0.3 is 50.1 Å². The van der Waals surface area contributed by atoms with Crippen LogP contribution in [0.4, 0.5) is 0 Å². The second kappa shape index (κ2) is 1870. The van der Waals surface area contributed by atoms with Crippen LogP contribution in [0.2, 0.25) is 0 Å². The van der Waals surface area contributed by atoms with Crippen LogP contribution in [0.15, 0.2) is 0 Å². The minimum atomic E-state index is 0. The third-order valence-corrected chi connectivity index (χ3v) is 0. The van der Waals surface area contributed by atoms with E-state index in [-0.39, 0.29) is 28.9 Å². The van der Waals surface area contributed by atoms with Crippen molar-refractivity contribution in [3.8, 4) is 0 Å². The Bertz CT molecular complexity index is 71.8. The third kappa shape index (κ3) is 7920. The van der Waals surface area contributed by atoms with Gasteiger partial charge in [-0.1, -0.05) is 22.3 Å². The van der Waals surface area contributed by atoms with Crippen LogP contribution in [-0.4, -0.2) is 104 Å². The van der Waals surface area contributed by atoms with Crippen LogP contribution in [0.3, 0.4) is 0 Å². The van der Waals surface area contributed by atoms with Crippen molar-refractivity contribution < 1.29 is 50.1 Å². The van der Waals surface area contributed by atoms with Gasteiger partial charge in [0, 0.05) is 49.3 Å². The van der Waals surface area contributed by atoms with E-state index in [4.69, 9.17) is 50.1 Å². The first kappa shape index (κ1) is 97.1. The predicted octanol–water partition coefficient (Wildman–Crippen LogP) is 0.174. The molecule has 0 rings (SSSR count). The molecule has 0 bridgehead atoms. The molecular weight excluding hydrogens is 364 g/mol. The first-order chi connectivity index (χ1) is 11.7. The summed E-state index contributed by atoms with van der Waals surface area (Å²) in [5.41, 5.74) is 0. The number of carbonyl (C=O) groups excluding carboxylic acids is 3. The largest absolute Gasteiger partial charge is 0.400 e. The summed E-state index contributed by atoms with van der Waals surface area (Å²) in [5.74, 6) is 0. The maximum absolute atomic E-state index is 8.81. The lowest BCUT2D eigenvalue weighted by Crippen LogP contribution is -1.57. The van der Waals surface area contributed by atoms with Gasteiger partial charge in [-0.3, -0.25) is 0 Å². The zero-order valence-corrected chi connectivity index (χ0v) is 16.8. The van der Waals surface area contributed by atoms with Gasteiger partial charge in [0.2, 0.25) is 0 Å². The highest BCUT2D eigenvalue weighted by Crippen LogP contribution is 1.30. The molecule has 27 heavy (non-hydrogen) atoms. The van der Waals surface area contributed by atoms with Crippen molar-refractivity contribution in [1.82, 2.24) is 0 Å². The molecule has 0 radical (unpaired) electrons. The highest BCUT2D eigenvalue weighted by molar-refractivity contribution is 5.44. The molecule has 10 heteroatoms. The highest BCUT2D eigenvalue weighted by Gasteiger charge is 1.34. The zero-order chi connectivity index (χ0) is 22.8. The van der Waals surface area contributed by atoms with Crippen LogP contribution >= 0.6 is 0 Å². The summed E-state index contributed by atoms with van der Waals surface area (Å²) in [5, 5.41) is 49.6. The topological polar surface area (TPSA) is 193 Å². The van der Waals surface area contributed by atoms with Crippen molar-refractivity contribution in [1.29, 1.82) is 0 Å². The van der Waals surface area contributed by atoms with Gasteiger partial charge >= 0.3 is 0 Å². The molecule has 0 spiro atoms. The molecule has 0 heterocycles. The molecule has 0 saturated heterocycles. The molecule has 0 aliphatic heterocycles. The Hall–Kier alpha value is -1.27. The Morgan fingerprint density at radius 1 is 0.481 bits per heavy atom. The average molecular weight is 419 g/mol. The van der Waals surface area contributed by atoms with Crippen LogP contribution in [0.25, 0.3) is 0 Å². The first-order valence-corrected chi connectivity index (χ1v) is 6.15. The normalized spacial score (nSPS) is 3.44. The van der Waals surface area contributed by atoms with Crippen molar-refractivity contribution in [2.24, 2.45) is 0 Å². The Morgan fingerprint density at radius 3 is 0.481 bits per heavy atom. The number of hydrogen-bond donors (Lipinski definition) is 7. The SMILES string of the molecule is C.C.C.CC=O.CC=O.CC=O.CCO.CO.CO.CO.CO.CO.CO. The van der Waals surface area contributed by atoms with Gasteiger partial charge in [-0.2, -0.15) is 0 Å². The lowest BCUT2D eigenvalue weighted by Gasteiger charge is -1.52. The van der Waals surface area contributed by atoms with Crippen molar-refractivity contribution in [3.63, 3.8) is 0 Å². The van der Waals surface area contributed by atoms with E-state index in [1.807, 2.05) is 0 Å². The molecule has 0 aliphatic rings. The van der Waals surface area contributed by atoms with E-state index in [1.54, 1.807) is 6.92 Å². The Balaban J connectivity index is -0.00000000730. The highest BCUT2D eigenvalue weighted by atomic mass is 16.3. The predicted molar refractivity (Wildman–Crippen MR) is 117 cm³/mol. The molecule has 0 aromatic heterocycles. The summed E-state index contributed by atoms with van der Waals surface area (Å²) < 4.78 is 0. The molecule has 0 atom stereocenters. The fraction of sp³-hybridized carbons (Fsp3) is 0.824. The van der Waals surface area contributed by atoms with E-state index in [9.17, 15) is 0 Å². The monoisotopic (exact) mass is 418 g/mol. The number of aldehydes is 3. The minimum Gasteiger partial charge on any atom is -0.400 e. The van der Waals surface area contributed by atoms with Crippen molar-refractivity contribution in [2.45, 2.75) is 50.0 Å². The summed E-state index contributed by atoms with van der Waals surface area (Å²) in [6, 6.07) is 0. The molecular formula is C17H54O10. The summed E-state index contributed by atoms with van der Waals surface area (Å²) in [6.45, 7) is 6.26. The summed E-state index contributed by atoms with van der Waals surface area (Å²) in [7, 11) is 6.00. The minimum absolute atomic E-state index is 0. The smallest absolute Gasteiger partial charge is 0.116 e. The van der Waals surface area contributed by atoms with Crippen LogP contribution in [0.5, 0.6) is 0 Å². The maximum Gasteiger partial charge on any atom is 0.116 e. The van der Waals surface area contributed by atoms with Gasteiger partial charge in [0.15, 0.2) is 0 Å². The zero-order valence-electron chi connectivity index (χ0n) is 16.8. The van der Waals surface area contributed by atoms with Gasteiger partial charge in [-0.05, 0) is 27.7 Å². The third-order valence-electron chi connectivity index (χ3n) is 0. The van der Waals surface area contributed by atoms with Crippen molar-refractivity contribution >= 4 is 18.9 Å². The first-order valence-electron chi connectivity index (χ1n) is 6.15. The van der Waals surface area contributed by atoms with Gasteiger partial charge in [-0.15, -0.1) is 0 Å². The van der Waals surface area contributed by atoms with E-state index in [0.29, 0.717) is 0 Å². The van der Waals surface area contributed by atoms with Crippen LogP contribution in [0, 0.1) is 0 Å². The molecule has 10 nitrogen and oxygen atoms in total. The summed E-state index contributed by atoms with van der Waals surface area (Å²) >= 11 is 0. The van der Waals surface area contributed by atoms with Gasteiger partial charge in [0.1, 0.15) is 18.9 Å². The lowest BCUT2D eigenvalue weighted by atomic mass is 10.9.